The third-order valence-corrected chi connectivity index (χ3v) is 6.20. The number of benzene rings is 1. The minimum Gasteiger partial charge on any atom is -0.496 e. The quantitative estimate of drug-likeness (QED) is 0.902. The van der Waals surface area contributed by atoms with Crippen molar-refractivity contribution in [3.63, 3.8) is 0 Å². The number of likely N-dealkylation sites (tertiary alicyclic amines) is 1. The van der Waals surface area contributed by atoms with Crippen molar-refractivity contribution in [1.82, 2.24) is 4.90 Å². The molecule has 1 saturated carbocycles. The van der Waals surface area contributed by atoms with Crippen molar-refractivity contribution in [2.75, 3.05) is 20.2 Å². The fraction of sp³-hybridized carbons (Fsp3) is 0.611. The number of piperidine rings is 1. The third kappa shape index (κ3) is 2.01. The van der Waals surface area contributed by atoms with Crippen LogP contribution < -0.4 is 10.5 Å². The number of ether oxygens (including phenoxy) is 1. The topological polar surface area (TPSA) is 55.6 Å². The van der Waals surface area contributed by atoms with Crippen LogP contribution in [0.5, 0.6) is 5.75 Å². The van der Waals surface area contributed by atoms with Crippen LogP contribution >= 0.6 is 0 Å². The van der Waals surface area contributed by atoms with Gasteiger partial charge in [0.15, 0.2) is 0 Å². The molecule has 1 heterocycles. The van der Waals surface area contributed by atoms with Crippen molar-refractivity contribution in [2.45, 2.75) is 43.6 Å². The highest BCUT2D eigenvalue weighted by Gasteiger charge is 2.71. The van der Waals surface area contributed by atoms with E-state index in [1.807, 2.05) is 18.2 Å². The van der Waals surface area contributed by atoms with Crippen LogP contribution in [0.2, 0.25) is 0 Å². The molecular formula is C18H22F2N2O2. The summed E-state index contributed by atoms with van der Waals surface area (Å²) < 4.78 is 32.4. The first-order valence-corrected chi connectivity index (χ1v) is 8.45. The second-order valence-electron chi connectivity index (χ2n) is 7.41. The molecule has 0 bridgehead atoms. The van der Waals surface area contributed by atoms with Crippen molar-refractivity contribution in [3.8, 4) is 5.75 Å². The van der Waals surface area contributed by atoms with Gasteiger partial charge < -0.3 is 15.4 Å². The number of hydrogen-bond donors (Lipinski definition) is 1. The largest absolute Gasteiger partial charge is 0.496 e. The predicted octanol–water partition coefficient (Wildman–Crippen LogP) is 2.44. The molecule has 1 spiro atoms. The molecule has 1 aromatic carbocycles. The normalized spacial score (nSPS) is 29.4. The maximum atomic E-state index is 13.5. The van der Waals surface area contributed by atoms with Gasteiger partial charge in [0.25, 0.3) is 5.92 Å². The highest BCUT2D eigenvalue weighted by molar-refractivity contribution is 5.89. The molecule has 2 N–H and O–H groups in total. The molecule has 3 aliphatic rings. The summed E-state index contributed by atoms with van der Waals surface area (Å²) in [6.07, 6.45) is 1.92. The van der Waals surface area contributed by atoms with Crippen molar-refractivity contribution < 1.29 is 18.3 Å². The minimum atomic E-state index is -2.55. The zero-order valence-corrected chi connectivity index (χ0v) is 13.8. The third-order valence-electron chi connectivity index (χ3n) is 6.20. The van der Waals surface area contributed by atoms with E-state index in [4.69, 9.17) is 10.5 Å². The highest BCUT2D eigenvalue weighted by atomic mass is 19.3. The smallest absolute Gasteiger partial charge is 0.254 e. The average molecular weight is 336 g/mol. The summed E-state index contributed by atoms with van der Waals surface area (Å²) in [7, 11) is 1.61. The lowest BCUT2D eigenvalue weighted by atomic mass is 9.88. The number of rotatable bonds is 2. The Kier molecular flexibility index (Phi) is 3.24. The zero-order valence-electron chi connectivity index (χ0n) is 13.8. The maximum absolute atomic E-state index is 13.5. The van der Waals surface area contributed by atoms with Gasteiger partial charge in [-0.05, 0) is 42.9 Å². The highest BCUT2D eigenvalue weighted by Crippen LogP contribution is 2.65. The summed E-state index contributed by atoms with van der Waals surface area (Å²) in [6, 6.07) is 5.59. The van der Waals surface area contributed by atoms with E-state index in [-0.39, 0.29) is 12.3 Å². The molecule has 0 aromatic heterocycles. The van der Waals surface area contributed by atoms with Crippen molar-refractivity contribution in [1.29, 1.82) is 0 Å². The van der Waals surface area contributed by atoms with Gasteiger partial charge in [0, 0.05) is 24.9 Å². The summed E-state index contributed by atoms with van der Waals surface area (Å²) in [4.78, 5) is 14.7. The van der Waals surface area contributed by atoms with Gasteiger partial charge in [-0.3, -0.25) is 4.79 Å². The Bertz CT molecular complexity index is 698. The Morgan fingerprint density at radius 3 is 2.50 bits per heavy atom. The molecule has 0 radical (unpaired) electrons. The Labute approximate surface area is 139 Å². The van der Waals surface area contributed by atoms with E-state index in [0.29, 0.717) is 38.8 Å². The van der Waals surface area contributed by atoms with E-state index in [1.165, 1.54) is 0 Å². The molecule has 2 fully saturated rings. The van der Waals surface area contributed by atoms with Crippen LogP contribution in [0.4, 0.5) is 8.78 Å². The number of hydrogen-bond acceptors (Lipinski definition) is 3. The Morgan fingerprint density at radius 1 is 1.25 bits per heavy atom. The molecule has 1 aromatic rings. The molecule has 24 heavy (non-hydrogen) atoms. The molecule has 6 heteroatoms. The van der Waals surface area contributed by atoms with Crippen molar-refractivity contribution in [3.05, 3.63) is 29.3 Å². The number of nitrogens with zero attached hydrogens (tertiary/aromatic N) is 1. The van der Waals surface area contributed by atoms with Gasteiger partial charge in [-0.25, -0.2) is 8.78 Å². The first kappa shape index (κ1) is 15.8. The summed E-state index contributed by atoms with van der Waals surface area (Å²) in [5.74, 6) is -1.94. The monoisotopic (exact) mass is 336 g/mol. The first-order valence-electron chi connectivity index (χ1n) is 8.45. The van der Waals surface area contributed by atoms with Crippen molar-refractivity contribution in [2.24, 2.45) is 11.1 Å². The van der Waals surface area contributed by atoms with E-state index in [9.17, 15) is 13.6 Å². The molecule has 1 atom stereocenters. The van der Waals surface area contributed by atoms with Gasteiger partial charge in [-0.1, -0.05) is 12.1 Å². The van der Waals surface area contributed by atoms with E-state index < -0.39 is 16.9 Å². The number of nitrogens with two attached hydrogens (primary N) is 1. The Balaban J connectivity index is 1.54. The summed E-state index contributed by atoms with van der Waals surface area (Å²) >= 11 is 0. The van der Waals surface area contributed by atoms with Gasteiger partial charge >= 0.3 is 0 Å². The molecule has 130 valence electrons. The van der Waals surface area contributed by atoms with Crippen LogP contribution in [-0.4, -0.2) is 36.9 Å². The molecule has 1 saturated heterocycles. The second kappa shape index (κ2) is 4.91. The standard InChI is InChI=1S/C18H22F2N2O2/c1-24-14-4-2-3-13-12(14)5-6-17(13,21)15(23)22-9-7-16(8-10-22)11-18(16,19)20/h2-4H,5-11,21H2,1H3. The number of halogens is 2. The molecule has 4 rings (SSSR count). The SMILES string of the molecule is COc1cccc2c1CCC2(N)C(=O)N1CCC2(CC1)CC2(F)F. The van der Waals surface area contributed by atoms with Crippen LogP contribution in [0, 0.1) is 5.41 Å². The summed E-state index contributed by atoms with van der Waals surface area (Å²) in [5.41, 5.74) is 6.38. The number of methoxy groups -OCH3 is 1. The van der Waals surface area contributed by atoms with Crippen LogP contribution in [0.25, 0.3) is 0 Å². The minimum absolute atomic E-state index is 0.0319. The van der Waals surface area contributed by atoms with Crippen LogP contribution in [0.15, 0.2) is 18.2 Å². The van der Waals surface area contributed by atoms with E-state index >= 15 is 0 Å². The van der Waals surface area contributed by atoms with Crippen LogP contribution in [0.1, 0.15) is 36.8 Å². The number of fused-ring (bicyclic) bond motifs is 1. The zero-order chi connectivity index (χ0) is 17.2. The average Bonchev–Trinajstić information content (AvgIpc) is 2.92. The number of alkyl halides is 2. The number of amides is 1. The Morgan fingerprint density at radius 2 is 1.92 bits per heavy atom. The molecule has 1 aliphatic heterocycles. The van der Waals surface area contributed by atoms with Gasteiger partial charge in [-0.15, -0.1) is 0 Å². The number of carbonyl (C=O) groups is 1. The Hall–Kier alpha value is -1.69. The second-order valence-corrected chi connectivity index (χ2v) is 7.41. The van der Waals surface area contributed by atoms with Gasteiger partial charge in [0.05, 0.1) is 7.11 Å². The molecule has 4 nitrogen and oxygen atoms in total. The lowest BCUT2D eigenvalue weighted by molar-refractivity contribution is -0.139. The molecule has 2 aliphatic carbocycles. The number of carbonyl (C=O) groups excluding carboxylic acids is 1. The lowest BCUT2D eigenvalue weighted by Gasteiger charge is -2.37. The summed E-state index contributed by atoms with van der Waals surface area (Å²) in [5, 5.41) is 0. The molecular weight excluding hydrogens is 314 g/mol. The van der Waals surface area contributed by atoms with Gasteiger partial charge in [-0.2, -0.15) is 0 Å². The maximum Gasteiger partial charge on any atom is 0.254 e. The van der Waals surface area contributed by atoms with Crippen LogP contribution in [0.3, 0.4) is 0 Å². The molecule has 1 amide bonds. The molecule has 1 unspecified atom stereocenters. The summed E-state index contributed by atoms with van der Waals surface area (Å²) in [6.45, 7) is 0.735. The first-order chi connectivity index (χ1) is 11.3. The predicted molar refractivity (Wildman–Crippen MR) is 85.0 cm³/mol. The lowest BCUT2D eigenvalue weighted by Crippen LogP contribution is -2.54. The fourth-order valence-electron chi connectivity index (χ4n) is 4.46. The van der Waals surface area contributed by atoms with Crippen molar-refractivity contribution >= 4 is 5.91 Å². The van der Waals surface area contributed by atoms with Gasteiger partial charge in [0.1, 0.15) is 11.3 Å². The van der Waals surface area contributed by atoms with Gasteiger partial charge in [0.2, 0.25) is 5.91 Å². The van der Waals surface area contributed by atoms with E-state index in [2.05, 4.69) is 0 Å². The van der Waals surface area contributed by atoms with E-state index in [1.54, 1.807) is 12.0 Å². The van der Waals surface area contributed by atoms with Crippen LogP contribution in [-0.2, 0) is 16.8 Å². The fourth-order valence-corrected chi connectivity index (χ4v) is 4.46. The van der Waals surface area contributed by atoms with E-state index in [0.717, 1.165) is 16.9 Å².